The van der Waals surface area contributed by atoms with E-state index in [0.717, 1.165) is 49.2 Å². The molecule has 1 unspecified atom stereocenters. The highest BCUT2D eigenvalue weighted by Crippen LogP contribution is 2.31. The Kier molecular flexibility index (Phi) is 9.12. The van der Waals surface area contributed by atoms with Gasteiger partial charge in [0.2, 0.25) is 0 Å². The summed E-state index contributed by atoms with van der Waals surface area (Å²) in [7, 11) is 0. The SMILES string of the molecule is O=C(NC(c1ccccc1)c1cccc(OCc2ccc(C(=O)N3CCC(C(=O)O)CC3)cc2)c1)O[C@H]1CN2CCC1CC2. The molecule has 0 radical (unpaired) electrons. The zero-order valence-corrected chi connectivity index (χ0v) is 24.8. The van der Waals surface area contributed by atoms with Crippen molar-refractivity contribution in [2.45, 2.75) is 44.4 Å². The minimum atomic E-state index is -0.791. The fourth-order valence-corrected chi connectivity index (χ4v) is 6.54. The number of rotatable bonds is 9. The molecule has 4 aliphatic heterocycles. The van der Waals surface area contributed by atoms with E-state index in [1.807, 2.05) is 66.7 Å². The van der Waals surface area contributed by atoms with E-state index in [1.165, 1.54) is 0 Å². The second-order valence-corrected chi connectivity index (χ2v) is 12.0. The fraction of sp³-hybridized carbons (Fsp3) is 0.400. The maximum atomic E-state index is 13.1. The molecule has 4 saturated heterocycles. The topological polar surface area (TPSA) is 108 Å². The molecule has 44 heavy (non-hydrogen) atoms. The van der Waals surface area contributed by atoms with Gasteiger partial charge in [0.25, 0.3) is 5.91 Å². The average molecular weight is 598 g/mol. The van der Waals surface area contributed by atoms with Crippen LogP contribution >= 0.6 is 0 Å². The van der Waals surface area contributed by atoms with Crippen LogP contribution in [0.15, 0.2) is 78.9 Å². The number of carboxylic acid groups (broad SMARTS) is 1. The van der Waals surface area contributed by atoms with Gasteiger partial charge in [-0.3, -0.25) is 14.5 Å². The minimum absolute atomic E-state index is 0.0746. The van der Waals surface area contributed by atoms with Crippen LogP contribution in [0.3, 0.4) is 0 Å². The van der Waals surface area contributed by atoms with Gasteiger partial charge < -0.3 is 24.8 Å². The number of fused-ring (bicyclic) bond motifs is 3. The van der Waals surface area contributed by atoms with Crippen LogP contribution in [0.5, 0.6) is 5.75 Å². The smallest absolute Gasteiger partial charge is 0.408 e. The number of carboxylic acids is 1. The van der Waals surface area contributed by atoms with Crippen LogP contribution in [0.25, 0.3) is 0 Å². The first-order valence-electron chi connectivity index (χ1n) is 15.5. The van der Waals surface area contributed by atoms with E-state index >= 15 is 0 Å². The molecule has 0 aliphatic carbocycles. The Morgan fingerprint density at radius 2 is 1.55 bits per heavy atom. The molecule has 3 aromatic rings. The maximum absolute atomic E-state index is 13.1. The molecule has 2 bridgehead atoms. The van der Waals surface area contributed by atoms with Crippen molar-refractivity contribution < 1.29 is 29.0 Å². The van der Waals surface area contributed by atoms with E-state index in [9.17, 15) is 19.5 Å². The standard InChI is InChI=1S/C35H39N3O6/c39-33(38-19-15-28(16-20-38)34(40)41)27-11-9-24(10-12-27)23-43-30-8-4-7-29(21-30)32(26-5-2-1-3-6-26)36-35(42)44-31-22-37-17-13-25(31)14-18-37/h1-12,21,25,28,31-32H,13-20,22-23H2,(H,36,42)(H,40,41)/t31-,32?/m0/s1. The predicted molar refractivity (Wildman–Crippen MR) is 164 cm³/mol. The van der Waals surface area contributed by atoms with Gasteiger partial charge in [-0.05, 0) is 85.6 Å². The Morgan fingerprint density at radius 1 is 0.841 bits per heavy atom. The van der Waals surface area contributed by atoms with Crippen LogP contribution < -0.4 is 10.1 Å². The summed E-state index contributed by atoms with van der Waals surface area (Å²) in [4.78, 5) is 41.3. The molecule has 0 saturated carbocycles. The van der Waals surface area contributed by atoms with Gasteiger partial charge in [-0.15, -0.1) is 0 Å². The molecule has 4 fully saturated rings. The van der Waals surface area contributed by atoms with Crippen LogP contribution in [0.4, 0.5) is 4.79 Å². The third-order valence-electron chi connectivity index (χ3n) is 9.18. The Labute approximate surface area is 257 Å². The minimum Gasteiger partial charge on any atom is -0.489 e. The van der Waals surface area contributed by atoms with E-state index in [2.05, 4.69) is 10.2 Å². The van der Waals surface area contributed by atoms with Crippen molar-refractivity contribution in [3.63, 3.8) is 0 Å². The largest absolute Gasteiger partial charge is 0.489 e. The van der Waals surface area contributed by atoms with Crippen LogP contribution in [-0.2, 0) is 16.1 Å². The first-order chi connectivity index (χ1) is 21.4. The molecule has 4 heterocycles. The number of hydrogen-bond donors (Lipinski definition) is 2. The lowest BCUT2D eigenvalue weighted by atomic mass is 9.86. The lowest BCUT2D eigenvalue weighted by molar-refractivity contribution is -0.143. The number of hydrogen-bond acceptors (Lipinski definition) is 6. The van der Waals surface area contributed by atoms with Gasteiger partial charge in [-0.2, -0.15) is 0 Å². The predicted octanol–water partition coefficient (Wildman–Crippen LogP) is 5.11. The van der Waals surface area contributed by atoms with Gasteiger partial charge in [0.05, 0.1) is 12.0 Å². The number of carbonyl (C=O) groups is 3. The van der Waals surface area contributed by atoms with Crippen molar-refractivity contribution >= 4 is 18.0 Å². The van der Waals surface area contributed by atoms with Crippen molar-refractivity contribution in [1.82, 2.24) is 15.1 Å². The summed E-state index contributed by atoms with van der Waals surface area (Å²) in [6.45, 7) is 4.19. The van der Waals surface area contributed by atoms with E-state index in [1.54, 1.807) is 17.0 Å². The molecule has 0 aromatic heterocycles. The van der Waals surface area contributed by atoms with E-state index in [4.69, 9.17) is 9.47 Å². The molecular formula is C35H39N3O6. The Bertz CT molecular complexity index is 1450. The Balaban J connectivity index is 1.08. The zero-order chi connectivity index (χ0) is 30.5. The Hall–Kier alpha value is -4.37. The second-order valence-electron chi connectivity index (χ2n) is 12.0. The third-order valence-corrected chi connectivity index (χ3v) is 9.18. The molecule has 0 spiro atoms. The summed E-state index contributed by atoms with van der Waals surface area (Å²) in [5, 5.41) is 12.3. The number of benzene rings is 3. The van der Waals surface area contributed by atoms with Gasteiger partial charge in [0, 0.05) is 25.2 Å². The number of nitrogens with one attached hydrogen (secondary N) is 1. The number of alkyl carbamates (subject to hydrolysis) is 1. The average Bonchev–Trinajstić information content (AvgIpc) is 3.07. The quantitative estimate of drug-likeness (QED) is 0.353. The van der Waals surface area contributed by atoms with Crippen molar-refractivity contribution in [2.24, 2.45) is 11.8 Å². The number of ether oxygens (including phenoxy) is 2. The number of amides is 2. The first-order valence-corrected chi connectivity index (χ1v) is 15.5. The second kappa shape index (κ2) is 13.5. The first kappa shape index (κ1) is 29.7. The van der Waals surface area contributed by atoms with E-state index in [-0.39, 0.29) is 17.9 Å². The van der Waals surface area contributed by atoms with E-state index < -0.39 is 18.1 Å². The van der Waals surface area contributed by atoms with Crippen LogP contribution in [0.2, 0.25) is 0 Å². The van der Waals surface area contributed by atoms with Crippen LogP contribution in [0.1, 0.15) is 58.8 Å². The summed E-state index contributed by atoms with van der Waals surface area (Å²) < 4.78 is 12.1. The number of likely N-dealkylation sites (tertiary alicyclic amines) is 1. The van der Waals surface area contributed by atoms with Gasteiger partial charge in [-0.25, -0.2) is 4.79 Å². The zero-order valence-electron chi connectivity index (χ0n) is 24.8. The van der Waals surface area contributed by atoms with Gasteiger partial charge in [0.15, 0.2) is 0 Å². The van der Waals surface area contributed by atoms with E-state index in [0.29, 0.717) is 49.8 Å². The molecule has 2 amide bonds. The third kappa shape index (κ3) is 7.05. The fourth-order valence-electron chi connectivity index (χ4n) is 6.54. The summed E-state index contributed by atoms with van der Waals surface area (Å²) in [5.74, 6) is -0.153. The normalized spacial score (nSPS) is 22.2. The van der Waals surface area contributed by atoms with Gasteiger partial charge >= 0.3 is 12.1 Å². The summed E-state index contributed by atoms with van der Waals surface area (Å²) in [6, 6.07) is 24.5. The maximum Gasteiger partial charge on any atom is 0.408 e. The summed E-state index contributed by atoms with van der Waals surface area (Å²) in [6.07, 6.45) is 2.62. The highest BCUT2D eigenvalue weighted by molar-refractivity contribution is 5.94. The molecule has 7 rings (SSSR count). The summed E-state index contributed by atoms with van der Waals surface area (Å²) >= 11 is 0. The molecule has 2 N–H and O–H groups in total. The molecular weight excluding hydrogens is 558 g/mol. The molecule has 230 valence electrons. The van der Waals surface area contributed by atoms with Crippen molar-refractivity contribution in [2.75, 3.05) is 32.7 Å². The Morgan fingerprint density at radius 3 is 2.20 bits per heavy atom. The molecule has 9 heteroatoms. The van der Waals surface area contributed by atoms with Crippen LogP contribution in [-0.4, -0.2) is 71.7 Å². The van der Waals surface area contributed by atoms with Crippen LogP contribution in [0, 0.1) is 11.8 Å². The monoisotopic (exact) mass is 597 g/mol. The summed E-state index contributed by atoms with van der Waals surface area (Å²) in [5.41, 5.74) is 3.32. The molecule has 4 aliphatic rings. The van der Waals surface area contributed by atoms with Crippen molar-refractivity contribution in [3.8, 4) is 5.75 Å². The van der Waals surface area contributed by atoms with Crippen molar-refractivity contribution in [3.05, 3.63) is 101 Å². The number of aliphatic carboxylic acids is 1. The number of carbonyl (C=O) groups excluding carboxylic acids is 2. The van der Waals surface area contributed by atoms with Crippen molar-refractivity contribution in [1.29, 1.82) is 0 Å². The molecule has 3 aromatic carbocycles. The number of nitrogens with zero attached hydrogens (tertiary/aromatic N) is 2. The van der Waals surface area contributed by atoms with Gasteiger partial charge in [0.1, 0.15) is 18.5 Å². The number of piperidine rings is 4. The lowest BCUT2D eigenvalue weighted by Gasteiger charge is -2.43. The lowest BCUT2D eigenvalue weighted by Crippen LogP contribution is -2.52. The molecule has 2 atom stereocenters. The highest BCUT2D eigenvalue weighted by Gasteiger charge is 2.37. The molecule has 9 nitrogen and oxygen atoms in total. The highest BCUT2D eigenvalue weighted by atomic mass is 16.6. The van der Waals surface area contributed by atoms with Gasteiger partial charge in [-0.1, -0.05) is 54.6 Å².